The lowest BCUT2D eigenvalue weighted by Gasteiger charge is -2.35. The average molecular weight is 288 g/mol. The van der Waals surface area contributed by atoms with Gasteiger partial charge >= 0.3 is 0 Å². The molecule has 3 rings (SSSR count). The summed E-state index contributed by atoms with van der Waals surface area (Å²) in [5.74, 6) is 0.795. The van der Waals surface area contributed by atoms with Gasteiger partial charge in [0.25, 0.3) is 5.91 Å². The molecule has 5 heteroatoms. The summed E-state index contributed by atoms with van der Waals surface area (Å²) in [7, 11) is 1.63. The highest BCUT2D eigenvalue weighted by Gasteiger charge is 2.27. The number of nitrogens with zero attached hydrogens (tertiary/aromatic N) is 1. The van der Waals surface area contributed by atoms with E-state index < -0.39 is 0 Å². The number of H-pyrrole nitrogens is 1. The highest BCUT2D eigenvalue weighted by atomic mass is 16.5. The summed E-state index contributed by atoms with van der Waals surface area (Å²) in [4.78, 5) is 17.7. The maximum absolute atomic E-state index is 12.6. The van der Waals surface area contributed by atoms with Crippen LogP contribution in [0.4, 0.5) is 0 Å². The fourth-order valence-corrected chi connectivity index (χ4v) is 2.86. The van der Waals surface area contributed by atoms with Gasteiger partial charge in [0.1, 0.15) is 11.4 Å². The lowest BCUT2D eigenvalue weighted by Crippen LogP contribution is -2.48. The molecule has 0 saturated carbocycles. The number of hydrogen-bond acceptors (Lipinski definition) is 3. The Morgan fingerprint density at radius 3 is 2.67 bits per heavy atom. The van der Waals surface area contributed by atoms with Crippen LogP contribution in [0.1, 0.15) is 24.3 Å². The molecule has 1 fully saturated rings. The molecule has 1 saturated heterocycles. The van der Waals surface area contributed by atoms with E-state index in [0.717, 1.165) is 16.7 Å². The predicted octanol–water partition coefficient (Wildman–Crippen LogP) is 2.43. The molecule has 1 amide bonds. The molecular weight excluding hydrogens is 268 g/mol. The Labute approximate surface area is 123 Å². The Hall–Kier alpha value is -2.01. The SMILES string of the molecule is COc1ccc2cc(C(=O)N3CC(C)OC(C)C3)[nH]c2c1. The molecule has 1 N–H and O–H groups in total. The van der Waals surface area contributed by atoms with Crippen LogP contribution in [0.5, 0.6) is 5.75 Å². The number of hydrogen-bond donors (Lipinski definition) is 1. The smallest absolute Gasteiger partial charge is 0.270 e. The number of morpholine rings is 1. The number of benzene rings is 1. The van der Waals surface area contributed by atoms with Gasteiger partial charge in [0.15, 0.2) is 0 Å². The first-order valence-electron chi connectivity index (χ1n) is 7.18. The first-order valence-corrected chi connectivity index (χ1v) is 7.18. The van der Waals surface area contributed by atoms with Crippen LogP contribution in [0.2, 0.25) is 0 Å². The topological polar surface area (TPSA) is 54.6 Å². The lowest BCUT2D eigenvalue weighted by molar-refractivity contribution is -0.0587. The number of fused-ring (bicyclic) bond motifs is 1. The molecule has 0 bridgehead atoms. The van der Waals surface area contributed by atoms with E-state index in [0.29, 0.717) is 18.8 Å². The van der Waals surface area contributed by atoms with Gasteiger partial charge in [0, 0.05) is 30.1 Å². The lowest BCUT2D eigenvalue weighted by atomic mass is 10.2. The Balaban J connectivity index is 1.87. The van der Waals surface area contributed by atoms with Gasteiger partial charge in [-0.1, -0.05) is 0 Å². The van der Waals surface area contributed by atoms with Crippen molar-refractivity contribution < 1.29 is 14.3 Å². The van der Waals surface area contributed by atoms with Gasteiger partial charge in [-0.05, 0) is 32.0 Å². The van der Waals surface area contributed by atoms with E-state index in [9.17, 15) is 4.79 Å². The molecule has 1 aromatic heterocycles. The highest BCUT2D eigenvalue weighted by Crippen LogP contribution is 2.22. The zero-order valence-electron chi connectivity index (χ0n) is 12.6. The molecule has 112 valence electrons. The van der Waals surface area contributed by atoms with Crippen molar-refractivity contribution in [2.45, 2.75) is 26.1 Å². The fourth-order valence-electron chi connectivity index (χ4n) is 2.86. The minimum absolute atomic E-state index is 0.0205. The van der Waals surface area contributed by atoms with Crippen LogP contribution in [0.25, 0.3) is 10.9 Å². The Bertz CT molecular complexity index is 655. The van der Waals surface area contributed by atoms with E-state index in [1.807, 2.05) is 43.0 Å². The second-order valence-corrected chi connectivity index (χ2v) is 5.60. The van der Waals surface area contributed by atoms with E-state index in [1.54, 1.807) is 7.11 Å². The van der Waals surface area contributed by atoms with Crippen LogP contribution < -0.4 is 4.74 Å². The number of nitrogens with one attached hydrogen (secondary N) is 1. The third-order valence-corrected chi connectivity index (χ3v) is 3.77. The zero-order valence-corrected chi connectivity index (χ0v) is 12.6. The van der Waals surface area contributed by atoms with Gasteiger partial charge in [-0.15, -0.1) is 0 Å². The van der Waals surface area contributed by atoms with Crippen molar-refractivity contribution in [3.63, 3.8) is 0 Å². The summed E-state index contributed by atoms with van der Waals surface area (Å²) >= 11 is 0. The Kier molecular flexibility index (Phi) is 3.59. The molecule has 2 atom stereocenters. The van der Waals surface area contributed by atoms with Gasteiger partial charge in [0.2, 0.25) is 0 Å². The minimum Gasteiger partial charge on any atom is -0.497 e. The Morgan fingerprint density at radius 2 is 2.00 bits per heavy atom. The number of ether oxygens (including phenoxy) is 2. The van der Waals surface area contributed by atoms with Gasteiger partial charge in [-0.2, -0.15) is 0 Å². The van der Waals surface area contributed by atoms with Crippen molar-refractivity contribution in [1.82, 2.24) is 9.88 Å². The standard InChI is InChI=1S/C16H20N2O3/c1-10-8-18(9-11(2)21-10)16(19)15-6-12-4-5-13(20-3)7-14(12)17-15/h4-7,10-11,17H,8-9H2,1-3H3. The largest absolute Gasteiger partial charge is 0.497 e. The molecule has 1 aliphatic heterocycles. The normalized spacial score (nSPS) is 22.5. The summed E-state index contributed by atoms with van der Waals surface area (Å²) in [6, 6.07) is 7.63. The summed E-state index contributed by atoms with van der Waals surface area (Å²) in [5, 5.41) is 1.01. The van der Waals surface area contributed by atoms with Gasteiger partial charge in [-0.3, -0.25) is 4.79 Å². The van der Waals surface area contributed by atoms with Crippen LogP contribution in [0.15, 0.2) is 24.3 Å². The molecule has 2 heterocycles. The van der Waals surface area contributed by atoms with Gasteiger partial charge in [0.05, 0.1) is 19.3 Å². The van der Waals surface area contributed by atoms with E-state index in [1.165, 1.54) is 0 Å². The summed E-state index contributed by atoms with van der Waals surface area (Å²) in [6.07, 6.45) is 0.143. The number of amides is 1. The molecule has 2 aromatic rings. The van der Waals surface area contributed by atoms with E-state index in [2.05, 4.69) is 4.98 Å². The molecular formula is C16H20N2O3. The summed E-state index contributed by atoms with van der Waals surface area (Å²) < 4.78 is 10.9. The number of carbonyl (C=O) groups excluding carboxylic acids is 1. The summed E-state index contributed by atoms with van der Waals surface area (Å²) in [6.45, 7) is 5.24. The van der Waals surface area contributed by atoms with Crippen LogP contribution in [0, 0.1) is 0 Å². The molecule has 5 nitrogen and oxygen atoms in total. The van der Waals surface area contributed by atoms with Crippen molar-refractivity contribution in [2.24, 2.45) is 0 Å². The van der Waals surface area contributed by atoms with Crippen LogP contribution in [-0.4, -0.2) is 48.2 Å². The number of aromatic nitrogens is 1. The van der Waals surface area contributed by atoms with E-state index in [4.69, 9.17) is 9.47 Å². The second-order valence-electron chi connectivity index (χ2n) is 5.60. The monoisotopic (exact) mass is 288 g/mol. The zero-order chi connectivity index (χ0) is 15.0. The number of carbonyl (C=O) groups is 1. The van der Waals surface area contributed by atoms with Crippen molar-refractivity contribution in [2.75, 3.05) is 20.2 Å². The number of aromatic amines is 1. The fraction of sp³-hybridized carbons (Fsp3) is 0.438. The van der Waals surface area contributed by atoms with Gasteiger partial charge in [-0.25, -0.2) is 0 Å². The van der Waals surface area contributed by atoms with Crippen molar-refractivity contribution in [3.8, 4) is 5.75 Å². The molecule has 0 radical (unpaired) electrons. The number of rotatable bonds is 2. The maximum Gasteiger partial charge on any atom is 0.270 e. The maximum atomic E-state index is 12.6. The average Bonchev–Trinajstić information content (AvgIpc) is 2.88. The molecule has 0 aliphatic carbocycles. The first-order chi connectivity index (χ1) is 10.1. The van der Waals surface area contributed by atoms with Crippen LogP contribution in [-0.2, 0) is 4.74 Å². The third-order valence-electron chi connectivity index (χ3n) is 3.77. The third kappa shape index (κ3) is 2.74. The summed E-state index contributed by atoms with van der Waals surface area (Å²) in [5.41, 5.74) is 1.52. The first kappa shape index (κ1) is 13.9. The predicted molar refractivity (Wildman–Crippen MR) is 80.8 cm³/mol. The molecule has 0 spiro atoms. The van der Waals surface area contributed by atoms with Crippen LogP contribution in [0.3, 0.4) is 0 Å². The van der Waals surface area contributed by atoms with Crippen molar-refractivity contribution >= 4 is 16.8 Å². The molecule has 2 unspecified atom stereocenters. The van der Waals surface area contributed by atoms with E-state index >= 15 is 0 Å². The van der Waals surface area contributed by atoms with E-state index in [-0.39, 0.29) is 18.1 Å². The molecule has 1 aromatic carbocycles. The Morgan fingerprint density at radius 1 is 1.29 bits per heavy atom. The molecule has 21 heavy (non-hydrogen) atoms. The quantitative estimate of drug-likeness (QED) is 0.923. The minimum atomic E-state index is 0.0205. The molecule has 1 aliphatic rings. The second kappa shape index (κ2) is 5.41. The highest BCUT2D eigenvalue weighted by molar-refractivity contribution is 5.98. The number of methoxy groups -OCH3 is 1. The van der Waals surface area contributed by atoms with Crippen LogP contribution >= 0.6 is 0 Å². The van der Waals surface area contributed by atoms with Crippen molar-refractivity contribution in [1.29, 1.82) is 0 Å². The van der Waals surface area contributed by atoms with Crippen molar-refractivity contribution in [3.05, 3.63) is 30.0 Å². The van der Waals surface area contributed by atoms with Gasteiger partial charge < -0.3 is 19.4 Å².